The molecule has 1 atom stereocenters. The first-order chi connectivity index (χ1) is 10.6. The van der Waals surface area contributed by atoms with Crippen molar-refractivity contribution in [3.63, 3.8) is 0 Å². The maximum atomic E-state index is 11.8. The van der Waals surface area contributed by atoms with E-state index in [0.29, 0.717) is 6.61 Å². The summed E-state index contributed by atoms with van der Waals surface area (Å²) in [4.78, 5) is 18.6. The number of rotatable bonds is 4. The maximum absolute atomic E-state index is 11.8. The molecule has 5 nitrogen and oxygen atoms in total. The number of nitrogens with one attached hydrogen (secondary N) is 1. The van der Waals surface area contributed by atoms with Crippen molar-refractivity contribution in [2.24, 2.45) is 5.92 Å². The standard InChI is InChI=1S/C16H25N3O2S/c1-12(2)15(20)18-13-9-16(21-11-13)3-6-19(7-4-16)10-14-17-5-8-22-14/h5,8,12-13H,3-4,6-7,9-11H2,1-2H3,(H,18,20). The van der Waals surface area contributed by atoms with E-state index in [4.69, 9.17) is 4.74 Å². The van der Waals surface area contributed by atoms with Crippen LogP contribution < -0.4 is 5.32 Å². The molecule has 0 aromatic carbocycles. The molecular weight excluding hydrogens is 298 g/mol. The molecule has 2 fully saturated rings. The lowest BCUT2D eigenvalue weighted by Gasteiger charge is -2.38. The normalized spacial score (nSPS) is 25.0. The molecule has 1 unspecified atom stereocenters. The number of carbonyl (C=O) groups excluding carboxylic acids is 1. The molecule has 1 spiro atoms. The molecular formula is C16H25N3O2S. The molecule has 0 saturated carbocycles. The van der Waals surface area contributed by atoms with Crippen molar-refractivity contribution in [3.05, 3.63) is 16.6 Å². The van der Waals surface area contributed by atoms with Gasteiger partial charge in [-0.15, -0.1) is 11.3 Å². The summed E-state index contributed by atoms with van der Waals surface area (Å²) in [6.45, 7) is 7.55. The summed E-state index contributed by atoms with van der Waals surface area (Å²) in [6, 6.07) is 0.181. The van der Waals surface area contributed by atoms with Gasteiger partial charge in [0.15, 0.2) is 0 Å². The maximum Gasteiger partial charge on any atom is 0.222 e. The summed E-state index contributed by atoms with van der Waals surface area (Å²) < 4.78 is 6.10. The Kier molecular flexibility index (Phi) is 4.80. The number of ether oxygens (including phenoxy) is 1. The Hall–Kier alpha value is -0.980. The highest BCUT2D eigenvalue weighted by atomic mass is 32.1. The van der Waals surface area contributed by atoms with Crippen LogP contribution >= 0.6 is 11.3 Å². The molecule has 2 aliphatic heterocycles. The molecule has 6 heteroatoms. The van der Waals surface area contributed by atoms with Crippen LogP contribution in [0, 0.1) is 5.92 Å². The van der Waals surface area contributed by atoms with E-state index in [1.165, 1.54) is 5.01 Å². The van der Waals surface area contributed by atoms with Gasteiger partial charge in [0, 0.05) is 30.6 Å². The Morgan fingerprint density at radius 1 is 1.55 bits per heavy atom. The van der Waals surface area contributed by atoms with E-state index in [0.717, 1.165) is 38.9 Å². The van der Waals surface area contributed by atoms with E-state index in [9.17, 15) is 4.79 Å². The molecule has 1 N–H and O–H groups in total. The lowest BCUT2D eigenvalue weighted by atomic mass is 9.87. The summed E-state index contributed by atoms with van der Waals surface area (Å²) in [7, 11) is 0. The Bertz CT molecular complexity index is 495. The van der Waals surface area contributed by atoms with Crippen LogP contribution in [0.15, 0.2) is 11.6 Å². The molecule has 1 amide bonds. The summed E-state index contributed by atoms with van der Waals surface area (Å²) >= 11 is 1.72. The number of hydrogen-bond acceptors (Lipinski definition) is 5. The van der Waals surface area contributed by atoms with Crippen LogP contribution in [0.5, 0.6) is 0 Å². The highest BCUT2D eigenvalue weighted by Gasteiger charge is 2.43. The van der Waals surface area contributed by atoms with Gasteiger partial charge in [-0.05, 0) is 19.3 Å². The van der Waals surface area contributed by atoms with Gasteiger partial charge < -0.3 is 10.1 Å². The van der Waals surface area contributed by atoms with Gasteiger partial charge in [0.1, 0.15) is 5.01 Å². The molecule has 1 aromatic heterocycles. The van der Waals surface area contributed by atoms with Gasteiger partial charge in [0.2, 0.25) is 5.91 Å². The van der Waals surface area contributed by atoms with Gasteiger partial charge in [-0.2, -0.15) is 0 Å². The second-order valence-electron chi connectivity index (χ2n) is 6.76. The van der Waals surface area contributed by atoms with Crippen molar-refractivity contribution < 1.29 is 9.53 Å². The fourth-order valence-electron chi connectivity index (χ4n) is 3.29. The average molecular weight is 323 g/mol. The molecule has 2 aliphatic rings. The van der Waals surface area contributed by atoms with Gasteiger partial charge in [-0.3, -0.25) is 9.69 Å². The average Bonchev–Trinajstić information content (AvgIpc) is 3.12. The minimum Gasteiger partial charge on any atom is -0.373 e. The van der Waals surface area contributed by atoms with E-state index in [1.807, 2.05) is 25.4 Å². The second kappa shape index (κ2) is 6.64. The Labute approximate surface area is 136 Å². The zero-order valence-electron chi connectivity index (χ0n) is 13.4. The highest BCUT2D eigenvalue weighted by Crippen LogP contribution is 2.36. The van der Waals surface area contributed by atoms with E-state index in [2.05, 4.69) is 15.2 Å². The number of amides is 1. The largest absolute Gasteiger partial charge is 0.373 e. The van der Waals surface area contributed by atoms with E-state index < -0.39 is 0 Å². The second-order valence-corrected chi connectivity index (χ2v) is 7.74. The smallest absolute Gasteiger partial charge is 0.222 e. The van der Waals surface area contributed by atoms with Crippen molar-refractivity contribution in [1.29, 1.82) is 0 Å². The molecule has 0 radical (unpaired) electrons. The monoisotopic (exact) mass is 323 g/mol. The van der Waals surface area contributed by atoms with E-state index >= 15 is 0 Å². The first kappa shape index (κ1) is 15.9. The number of thiazole rings is 1. The summed E-state index contributed by atoms with van der Waals surface area (Å²) in [5, 5.41) is 6.33. The first-order valence-electron chi connectivity index (χ1n) is 8.11. The molecule has 122 valence electrons. The van der Waals surface area contributed by atoms with Crippen molar-refractivity contribution in [3.8, 4) is 0 Å². The molecule has 0 aliphatic carbocycles. The van der Waals surface area contributed by atoms with E-state index in [1.54, 1.807) is 11.3 Å². The minimum atomic E-state index is -0.0195. The number of carbonyl (C=O) groups is 1. The zero-order chi connectivity index (χ0) is 15.6. The molecule has 22 heavy (non-hydrogen) atoms. The number of hydrogen-bond donors (Lipinski definition) is 1. The van der Waals surface area contributed by atoms with Crippen molar-refractivity contribution >= 4 is 17.2 Å². The van der Waals surface area contributed by atoms with Crippen molar-refractivity contribution in [2.75, 3.05) is 19.7 Å². The van der Waals surface area contributed by atoms with Gasteiger partial charge in [-0.1, -0.05) is 13.8 Å². The Balaban J connectivity index is 1.47. The van der Waals surface area contributed by atoms with Gasteiger partial charge in [-0.25, -0.2) is 4.98 Å². The number of piperidine rings is 1. The summed E-state index contributed by atoms with van der Waals surface area (Å²) in [5.41, 5.74) is -0.0195. The zero-order valence-corrected chi connectivity index (χ0v) is 14.2. The van der Waals surface area contributed by atoms with Crippen LogP contribution in [0.1, 0.15) is 38.1 Å². The lowest BCUT2D eigenvalue weighted by molar-refractivity contribution is -0.124. The molecule has 0 bridgehead atoms. The first-order valence-corrected chi connectivity index (χ1v) is 8.99. The fraction of sp³-hybridized carbons (Fsp3) is 0.750. The van der Waals surface area contributed by atoms with Gasteiger partial charge >= 0.3 is 0 Å². The van der Waals surface area contributed by atoms with Crippen LogP contribution in [-0.4, -0.2) is 47.1 Å². The lowest BCUT2D eigenvalue weighted by Crippen LogP contribution is -2.45. The molecule has 2 saturated heterocycles. The van der Waals surface area contributed by atoms with Crippen LogP contribution in [0.3, 0.4) is 0 Å². The highest BCUT2D eigenvalue weighted by molar-refractivity contribution is 7.09. The SMILES string of the molecule is CC(C)C(=O)NC1COC2(CCN(Cc3nccs3)CC2)C1. The molecule has 1 aromatic rings. The van der Waals surface area contributed by atoms with Crippen molar-refractivity contribution in [2.45, 2.75) is 51.3 Å². The topological polar surface area (TPSA) is 54.5 Å². The minimum absolute atomic E-state index is 0.0195. The number of aromatic nitrogens is 1. The van der Waals surface area contributed by atoms with Crippen LogP contribution in [0.2, 0.25) is 0 Å². The fourth-order valence-corrected chi connectivity index (χ4v) is 3.95. The predicted molar refractivity (Wildman–Crippen MR) is 86.7 cm³/mol. The third-order valence-electron chi connectivity index (χ3n) is 4.69. The third-order valence-corrected chi connectivity index (χ3v) is 5.45. The predicted octanol–water partition coefficient (Wildman–Crippen LogP) is 2.04. The molecule has 3 rings (SSSR count). The van der Waals surface area contributed by atoms with Crippen LogP contribution in [-0.2, 0) is 16.1 Å². The number of likely N-dealkylation sites (tertiary alicyclic amines) is 1. The third kappa shape index (κ3) is 3.67. The van der Waals surface area contributed by atoms with Crippen LogP contribution in [0.25, 0.3) is 0 Å². The quantitative estimate of drug-likeness (QED) is 0.921. The van der Waals surface area contributed by atoms with E-state index in [-0.39, 0.29) is 23.5 Å². The van der Waals surface area contributed by atoms with Gasteiger partial charge in [0.05, 0.1) is 24.8 Å². The molecule has 3 heterocycles. The Morgan fingerprint density at radius 3 is 2.95 bits per heavy atom. The van der Waals surface area contributed by atoms with Crippen molar-refractivity contribution in [1.82, 2.24) is 15.2 Å². The Morgan fingerprint density at radius 2 is 2.32 bits per heavy atom. The van der Waals surface area contributed by atoms with Crippen LogP contribution in [0.4, 0.5) is 0 Å². The van der Waals surface area contributed by atoms with Gasteiger partial charge in [0.25, 0.3) is 0 Å². The number of nitrogens with zero attached hydrogens (tertiary/aromatic N) is 2. The summed E-state index contributed by atoms with van der Waals surface area (Å²) in [6.07, 6.45) is 4.92. The summed E-state index contributed by atoms with van der Waals surface area (Å²) in [5.74, 6) is 0.170.